The van der Waals surface area contributed by atoms with Gasteiger partial charge in [0, 0.05) is 73.0 Å². The number of hydrogen-bond acceptors (Lipinski definition) is 7. The Kier molecular flexibility index (Phi) is 6.44. The smallest absolute Gasteiger partial charge is 0.227 e. The third-order valence-electron chi connectivity index (χ3n) is 7.59. The average Bonchev–Trinajstić information content (AvgIpc) is 3.59. The van der Waals surface area contributed by atoms with E-state index in [4.69, 9.17) is 15.7 Å². The SMILES string of the molecule is Cc1cc(N(C)CCN(C)C)c(N)cc1Nc1ncc(-c2cn[nH]c2)c(-c2cn3c4c(cccc24)CCC3)n1. The Morgan fingerprint density at radius 3 is 2.77 bits per heavy atom. The fraction of sp³-hybridized carbons (Fsp3) is 0.300. The maximum absolute atomic E-state index is 6.51. The van der Waals surface area contributed by atoms with E-state index in [0.717, 1.165) is 71.8 Å². The first-order valence-corrected chi connectivity index (χ1v) is 13.4. The van der Waals surface area contributed by atoms with Crippen LogP contribution in [0.2, 0.25) is 0 Å². The van der Waals surface area contributed by atoms with Gasteiger partial charge in [-0.05, 0) is 57.1 Å². The molecule has 9 heteroatoms. The average molecular weight is 522 g/mol. The molecule has 1 aliphatic heterocycles. The van der Waals surface area contributed by atoms with Crippen LogP contribution < -0.4 is 16.0 Å². The molecule has 6 rings (SSSR count). The van der Waals surface area contributed by atoms with Crippen LogP contribution in [0, 0.1) is 6.92 Å². The van der Waals surface area contributed by atoms with Gasteiger partial charge in [0.2, 0.25) is 5.95 Å². The van der Waals surface area contributed by atoms with Gasteiger partial charge in [-0.3, -0.25) is 5.10 Å². The van der Waals surface area contributed by atoms with E-state index in [1.165, 1.54) is 16.5 Å². The first-order chi connectivity index (χ1) is 18.9. The minimum Gasteiger partial charge on any atom is -0.397 e. The van der Waals surface area contributed by atoms with E-state index in [1.807, 2.05) is 24.7 Å². The van der Waals surface area contributed by atoms with Crippen molar-refractivity contribution >= 4 is 33.9 Å². The molecule has 0 spiro atoms. The summed E-state index contributed by atoms with van der Waals surface area (Å²) in [5.41, 5.74) is 16.8. The normalized spacial score (nSPS) is 12.8. The van der Waals surface area contributed by atoms with Crippen molar-refractivity contribution in [3.05, 3.63) is 66.2 Å². The third-order valence-corrected chi connectivity index (χ3v) is 7.59. The molecular formula is C30H35N9. The lowest BCUT2D eigenvalue weighted by Crippen LogP contribution is -2.29. The van der Waals surface area contributed by atoms with Crippen LogP contribution in [0.4, 0.5) is 23.0 Å². The van der Waals surface area contributed by atoms with Gasteiger partial charge in [0.05, 0.1) is 28.8 Å². The topological polar surface area (TPSA) is 104 Å². The van der Waals surface area contributed by atoms with Gasteiger partial charge in [0.25, 0.3) is 0 Å². The van der Waals surface area contributed by atoms with E-state index in [0.29, 0.717) is 11.6 Å². The zero-order chi connectivity index (χ0) is 27.1. The van der Waals surface area contributed by atoms with Crippen LogP contribution in [0.3, 0.4) is 0 Å². The van der Waals surface area contributed by atoms with Gasteiger partial charge in [-0.2, -0.15) is 5.10 Å². The molecule has 0 unspecified atom stereocenters. The molecule has 0 bridgehead atoms. The van der Waals surface area contributed by atoms with Gasteiger partial charge < -0.3 is 25.4 Å². The maximum atomic E-state index is 6.51. The zero-order valence-corrected chi connectivity index (χ0v) is 23.0. The number of likely N-dealkylation sites (N-methyl/N-ethyl adjacent to an activating group) is 2. The number of para-hydroxylation sites is 1. The molecule has 9 nitrogen and oxygen atoms in total. The molecule has 4 N–H and O–H groups in total. The van der Waals surface area contributed by atoms with Crippen LogP contribution in [-0.2, 0) is 13.0 Å². The van der Waals surface area contributed by atoms with Crippen molar-refractivity contribution in [2.75, 3.05) is 50.2 Å². The molecule has 0 atom stereocenters. The van der Waals surface area contributed by atoms with Crippen molar-refractivity contribution in [2.45, 2.75) is 26.3 Å². The van der Waals surface area contributed by atoms with Gasteiger partial charge in [0.1, 0.15) is 0 Å². The lowest BCUT2D eigenvalue weighted by molar-refractivity contribution is 0.416. The lowest BCUT2D eigenvalue weighted by atomic mass is 9.99. The fourth-order valence-corrected chi connectivity index (χ4v) is 5.47. The maximum Gasteiger partial charge on any atom is 0.227 e. The van der Waals surface area contributed by atoms with Crippen LogP contribution >= 0.6 is 0 Å². The van der Waals surface area contributed by atoms with Crippen LogP contribution in [0.1, 0.15) is 17.5 Å². The number of hydrogen-bond donors (Lipinski definition) is 3. The summed E-state index contributed by atoms with van der Waals surface area (Å²) in [7, 11) is 6.22. The van der Waals surface area contributed by atoms with Crippen LogP contribution in [0.5, 0.6) is 0 Å². The second kappa shape index (κ2) is 10.1. The molecule has 5 aromatic rings. The number of aryl methyl sites for hydroxylation is 3. The highest BCUT2D eigenvalue weighted by Crippen LogP contribution is 2.39. The molecule has 0 aliphatic carbocycles. The van der Waals surface area contributed by atoms with E-state index < -0.39 is 0 Å². The largest absolute Gasteiger partial charge is 0.397 e. The zero-order valence-electron chi connectivity index (χ0n) is 23.0. The summed E-state index contributed by atoms with van der Waals surface area (Å²) in [5.74, 6) is 0.528. The number of aromatic amines is 1. The highest BCUT2D eigenvalue weighted by atomic mass is 15.2. The van der Waals surface area contributed by atoms with Crippen molar-refractivity contribution in [3.8, 4) is 22.4 Å². The Bertz CT molecular complexity index is 1630. The minimum atomic E-state index is 0.528. The number of nitrogens with two attached hydrogens (primary N) is 1. The number of nitrogens with zero attached hydrogens (tertiary/aromatic N) is 6. The Morgan fingerprint density at radius 1 is 1.10 bits per heavy atom. The Balaban J connectivity index is 1.40. The molecule has 200 valence electrons. The standard InChI is InChI=1S/C30H35N9/c1-19-13-27(38(4)12-11-37(2)3)25(31)14-26(19)35-30-32-17-23(21-15-33-34-16-21)28(36-30)24-18-39-10-6-8-20-7-5-9-22(24)29(20)39/h5,7,9,13-18H,6,8,10-12,31H2,1-4H3,(H,33,34)(H,32,35,36). The van der Waals surface area contributed by atoms with Crippen LogP contribution in [-0.4, -0.2) is 63.9 Å². The number of nitrogen functional groups attached to an aromatic ring is 1. The molecule has 0 saturated heterocycles. The monoisotopic (exact) mass is 521 g/mol. The summed E-state index contributed by atoms with van der Waals surface area (Å²) >= 11 is 0. The highest BCUT2D eigenvalue weighted by molar-refractivity contribution is 6.00. The number of rotatable bonds is 8. The first kappa shape index (κ1) is 24.9. The molecule has 0 radical (unpaired) electrons. The molecule has 0 amide bonds. The second-order valence-corrected chi connectivity index (χ2v) is 10.7. The van der Waals surface area contributed by atoms with Crippen molar-refractivity contribution < 1.29 is 0 Å². The summed E-state index contributed by atoms with van der Waals surface area (Å²) < 4.78 is 2.37. The number of benzene rings is 2. The number of nitrogens with one attached hydrogen (secondary N) is 2. The van der Waals surface area contributed by atoms with Crippen LogP contribution in [0.25, 0.3) is 33.3 Å². The van der Waals surface area contributed by atoms with Crippen molar-refractivity contribution in [1.29, 1.82) is 0 Å². The van der Waals surface area contributed by atoms with Crippen LogP contribution in [0.15, 0.2) is 55.1 Å². The predicted molar refractivity (Wildman–Crippen MR) is 160 cm³/mol. The number of aromatic nitrogens is 5. The van der Waals surface area contributed by atoms with E-state index in [9.17, 15) is 0 Å². The Labute approximate surface area is 228 Å². The fourth-order valence-electron chi connectivity index (χ4n) is 5.47. The molecule has 1 aliphatic rings. The van der Waals surface area contributed by atoms with E-state index in [2.05, 4.69) is 88.4 Å². The third kappa shape index (κ3) is 4.70. The molecule has 0 saturated carbocycles. The summed E-state index contributed by atoms with van der Waals surface area (Å²) in [5, 5.41) is 11.8. The summed E-state index contributed by atoms with van der Waals surface area (Å²) in [4.78, 5) is 14.1. The second-order valence-electron chi connectivity index (χ2n) is 10.7. The Morgan fingerprint density at radius 2 is 1.97 bits per heavy atom. The molecule has 3 aromatic heterocycles. The van der Waals surface area contributed by atoms with Gasteiger partial charge in [0.15, 0.2) is 0 Å². The summed E-state index contributed by atoms with van der Waals surface area (Å²) in [6.07, 6.45) is 10.1. The van der Waals surface area contributed by atoms with Gasteiger partial charge in [-0.1, -0.05) is 18.2 Å². The minimum absolute atomic E-state index is 0.528. The van der Waals surface area contributed by atoms with Gasteiger partial charge in [-0.15, -0.1) is 0 Å². The molecule has 2 aromatic carbocycles. The Hall–Kier alpha value is -4.37. The lowest BCUT2D eigenvalue weighted by Gasteiger charge is -2.24. The number of H-pyrrole nitrogens is 1. The molecule has 4 heterocycles. The van der Waals surface area contributed by atoms with E-state index >= 15 is 0 Å². The summed E-state index contributed by atoms with van der Waals surface area (Å²) in [6, 6.07) is 10.7. The molecule has 39 heavy (non-hydrogen) atoms. The van der Waals surface area contributed by atoms with Crippen molar-refractivity contribution in [2.24, 2.45) is 0 Å². The van der Waals surface area contributed by atoms with Gasteiger partial charge in [-0.25, -0.2) is 9.97 Å². The predicted octanol–water partition coefficient (Wildman–Crippen LogP) is 5.07. The molecule has 0 fully saturated rings. The van der Waals surface area contributed by atoms with E-state index in [1.54, 1.807) is 0 Å². The summed E-state index contributed by atoms with van der Waals surface area (Å²) in [6.45, 7) is 4.93. The quantitative estimate of drug-likeness (QED) is 0.245. The molecular weight excluding hydrogens is 486 g/mol. The van der Waals surface area contributed by atoms with Crippen molar-refractivity contribution in [3.63, 3.8) is 0 Å². The first-order valence-electron chi connectivity index (χ1n) is 13.4. The van der Waals surface area contributed by atoms with Crippen molar-refractivity contribution in [1.82, 2.24) is 29.6 Å². The number of anilines is 4. The highest BCUT2D eigenvalue weighted by Gasteiger charge is 2.21. The van der Waals surface area contributed by atoms with Gasteiger partial charge >= 0.3 is 0 Å². The van der Waals surface area contributed by atoms with E-state index in [-0.39, 0.29) is 0 Å².